The zero-order chi connectivity index (χ0) is 37.3. The van der Waals surface area contributed by atoms with Gasteiger partial charge in [0.25, 0.3) is 0 Å². The van der Waals surface area contributed by atoms with Crippen LogP contribution in [0, 0.1) is 0 Å². The normalized spacial score (nSPS) is 15.5. The fourth-order valence-electron chi connectivity index (χ4n) is 8.96. The van der Waals surface area contributed by atoms with Gasteiger partial charge in [0.15, 0.2) is 5.84 Å². The first-order valence-corrected chi connectivity index (χ1v) is 25.2. The predicted molar refractivity (Wildman–Crippen MR) is 239 cm³/mol. The second kappa shape index (κ2) is 12.7. The van der Waals surface area contributed by atoms with E-state index in [2.05, 4.69) is 196 Å². The van der Waals surface area contributed by atoms with Crippen molar-refractivity contribution in [1.29, 1.82) is 0 Å². The Morgan fingerprint density at radius 3 is 1.58 bits per heavy atom. The Morgan fingerprint density at radius 1 is 0.364 bits per heavy atom. The van der Waals surface area contributed by atoms with E-state index in [-0.39, 0.29) is 0 Å². The van der Waals surface area contributed by atoms with Crippen LogP contribution < -0.4 is 20.7 Å². The minimum Gasteiger partial charge on any atom is -0.227 e. The Hall–Kier alpha value is -6.17. The van der Waals surface area contributed by atoms with E-state index in [1.807, 2.05) is 6.07 Å². The SMILES string of the molecule is C[Si]1(C)c2cc(C3=NC(c4ccccc4)=C=CC(c4cc5c(cc4-c4ccccc4)-c4ccccc4[Si]5(C)C)=N3)ccc2-c2ccc(-c3ccccc3)cc21. The summed E-state index contributed by atoms with van der Waals surface area (Å²) in [4.78, 5) is 10.9. The molecular weight excluding hydrogens is 697 g/mol. The number of hydrogen-bond donors (Lipinski definition) is 0. The summed E-state index contributed by atoms with van der Waals surface area (Å²) < 4.78 is 0. The molecule has 0 atom stereocenters. The second-order valence-electron chi connectivity index (χ2n) is 15.9. The summed E-state index contributed by atoms with van der Waals surface area (Å²) in [6.45, 7) is 9.92. The van der Waals surface area contributed by atoms with E-state index in [4.69, 9.17) is 9.98 Å². The molecule has 0 amide bonds. The molecule has 0 unspecified atom stereocenters. The molecule has 0 radical (unpaired) electrons. The summed E-state index contributed by atoms with van der Waals surface area (Å²) in [5.41, 5.74) is 18.7. The number of nitrogens with zero attached hydrogens (tertiary/aromatic N) is 2. The molecule has 0 saturated heterocycles. The molecule has 55 heavy (non-hydrogen) atoms. The maximum Gasteiger partial charge on any atom is 0.161 e. The standard InChI is InChI=1S/C51H40N2Si2/c1-54(2)47-23-15-14-22-39(47)44-32-42(35-18-10-6-11-19-35)43(33-50(44)54)46-29-28-45(36-20-12-7-13-21-36)52-51(53-46)38-25-27-41-40-26-24-37(34-16-8-5-9-17-34)30-48(40)55(3,4)49(41)31-38/h5-27,29-33H,1-4H3. The van der Waals surface area contributed by atoms with Gasteiger partial charge < -0.3 is 0 Å². The van der Waals surface area contributed by atoms with Crippen LogP contribution in [0.3, 0.4) is 0 Å². The van der Waals surface area contributed by atoms with Gasteiger partial charge in [0.2, 0.25) is 0 Å². The van der Waals surface area contributed by atoms with Crippen LogP contribution in [-0.2, 0) is 0 Å². The third-order valence-corrected chi connectivity index (χ3v) is 19.0. The van der Waals surface area contributed by atoms with Crippen molar-refractivity contribution in [1.82, 2.24) is 0 Å². The number of benzene rings is 7. The van der Waals surface area contributed by atoms with E-state index in [0.717, 1.165) is 28.1 Å². The number of hydrogen-bond acceptors (Lipinski definition) is 2. The van der Waals surface area contributed by atoms with Gasteiger partial charge in [-0.25, -0.2) is 9.98 Å². The Labute approximate surface area is 325 Å². The van der Waals surface area contributed by atoms with Gasteiger partial charge in [-0.05, 0) is 71.3 Å². The lowest BCUT2D eigenvalue weighted by atomic mass is 9.92. The van der Waals surface area contributed by atoms with Gasteiger partial charge >= 0.3 is 0 Å². The van der Waals surface area contributed by atoms with E-state index in [9.17, 15) is 0 Å². The quantitative estimate of drug-likeness (QED) is 0.124. The lowest BCUT2D eigenvalue weighted by molar-refractivity contribution is 1.46. The number of allylic oxidation sites excluding steroid dienone is 1. The highest BCUT2D eigenvalue weighted by Crippen LogP contribution is 2.36. The highest BCUT2D eigenvalue weighted by Gasteiger charge is 2.39. The van der Waals surface area contributed by atoms with Crippen LogP contribution >= 0.6 is 0 Å². The zero-order valence-corrected chi connectivity index (χ0v) is 33.6. The summed E-state index contributed by atoms with van der Waals surface area (Å²) in [6, 6.07) is 59.7. The highest BCUT2D eigenvalue weighted by atomic mass is 28.3. The number of fused-ring (bicyclic) bond motifs is 6. The van der Waals surface area contributed by atoms with E-state index in [1.54, 1.807) is 0 Å². The van der Waals surface area contributed by atoms with Gasteiger partial charge in [0, 0.05) is 22.8 Å². The maximum absolute atomic E-state index is 5.54. The number of aliphatic imine (C=N–C) groups is 2. The minimum atomic E-state index is -2.06. The average molecular weight is 737 g/mol. The Kier molecular flexibility index (Phi) is 7.72. The average Bonchev–Trinajstić information content (AvgIpc) is 3.44. The minimum absolute atomic E-state index is 0.711. The summed E-state index contributed by atoms with van der Waals surface area (Å²) >= 11 is 0. The summed E-state index contributed by atoms with van der Waals surface area (Å²) in [5, 5.41) is 5.86. The van der Waals surface area contributed by atoms with Crippen LogP contribution in [0.2, 0.25) is 26.2 Å². The predicted octanol–water partition coefficient (Wildman–Crippen LogP) is 10.1. The summed E-state index contributed by atoms with van der Waals surface area (Å²) in [7, 11) is -4.02. The molecule has 0 aliphatic carbocycles. The molecule has 7 aromatic rings. The largest absolute Gasteiger partial charge is 0.227 e. The molecule has 7 aromatic carbocycles. The van der Waals surface area contributed by atoms with Crippen molar-refractivity contribution in [3.05, 3.63) is 192 Å². The lowest BCUT2D eigenvalue weighted by Gasteiger charge is -2.21. The second-order valence-corrected chi connectivity index (χ2v) is 24.6. The molecule has 0 saturated carbocycles. The molecule has 3 heterocycles. The first-order chi connectivity index (χ1) is 26.8. The van der Waals surface area contributed by atoms with Crippen LogP contribution in [0.25, 0.3) is 50.2 Å². The third kappa shape index (κ3) is 5.45. The van der Waals surface area contributed by atoms with Crippen molar-refractivity contribution in [2.45, 2.75) is 26.2 Å². The van der Waals surface area contributed by atoms with Crippen molar-refractivity contribution < 1.29 is 0 Å². The first-order valence-electron chi connectivity index (χ1n) is 19.2. The van der Waals surface area contributed by atoms with E-state index in [0.29, 0.717) is 5.84 Å². The maximum atomic E-state index is 5.54. The molecule has 3 aliphatic rings. The summed E-state index contributed by atoms with van der Waals surface area (Å²) in [5.74, 6) is 0.711. The Morgan fingerprint density at radius 2 is 0.891 bits per heavy atom. The molecule has 3 aliphatic heterocycles. The van der Waals surface area contributed by atoms with Crippen molar-refractivity contribution in [2.24, 2.45) is 9.98 Å². The Balaban J connectivity index is 1.16. The molecule has 0 spiro atoms. The highest BCUT2D eigenvalue weighted by molar-refractivity contribution is 7.04. The molecular formula is C51H40N2Si2. The van der Waals surface area contributed by atoms with Crippen molar-refractivity contribution >= 4 is 54.1 Å². The molecule has 2 nitrogen and oxygen atoms in total. The van der Waals surface area contributed by atoms with Crippen molar-refractivity contribution in [3.8, 4) is 44.5 Å². The lowest BCUT2D eigenvalue weighted by Crippen LogP contribution is -2.49. The van der Waals surface area contributed by atoms with Gasteiger partial charge in [-0.2, -0.15) is 0 Å². The van der Waals surface area contributed by atoms with Gasteiger partial charge in [-0.15, -0.1) is 0 Å². The zero-order valence-electron chi connectivity index (χ0n) is 31.6. The van der Waals surface area contributed by atoms with Crippen molar-refractivity contribution in [3.63, 3.8) is 0 Å². The van der Waals surface area contributed by atoms with Gasteiger partial charge in [-0.3, -0.25) is 0 Å². The van der Waals surface area contributed by atoms with E-state index >= 15 is 0 Å². The molecule has 0 aromatic heterocycles. The smallest absolute Gasteiger partial charge is 0.161 e. The van der Waals surface area contributed by atoms with Gasteiger partial charge in [0.05, 0.1) is 5.71 Å². The number of rotatable bonds is 5. The van der Waals surface area contributed by atoms with Crippen LogP contribution in [0.4, 0.5) is 0 Å². The molecule has 262 valence electrons. The van der Waals surface area contributed by atoms with E-state index in [1.165, 1.54) is 65.3 Å². The monoisotopic (exact) mass is 736 g/mol. The fraction of sp³-hybridized carbons (Fsp3) is 0.0784. The van der Waals surface area contributed by atoms with Crippen molar-refractivity contribution in [2.75, 3.05) is 0 Å². The topological polar surface area (TPSA) is 24.7 Å². The third-order valence-electron chi connectivity index (χ3n) is 12.0. The van der Waals surface area contributed by atoms with Crippen LogP contribution in [-0.4, -0.2) is 27.7 Å². The van der Waals surface area contributed by atoms with Crippen LogP contribution in [0.1, 0.15) is 16.7 Å². The van der Waals surface area contributed by atoms with Gasteiger partial charge in [0.1, 0.15) is 21.8 Å². The summed E-state index contributed by atoms with van der Waals surface area (Å²) in [6.07, 6.45) is 2.07. The van der Waals surface area contributed by atoms with Gasteiger partial charge in [-0.1, -0.05) is 190 Å². The first kappa shape index (κ1) is 33.4. The van der Waals surface area contributed by atoms with Crippen LogP contribution in [0.15, 0.2) is 186 Å². The van der Waals surface area contributed by atoms with E-state index < -0.39 is 16.1 Å². The molecule has 4 heteroatoms. The molecule has 10 rings (SSSR count). The Bertz CT molecular complexity index is 2820. The fourth-order valence-corrected chi connectivity index (χ4v) is 15.1. The molecule has 0 fully saturated rings. The van der Waals surface area contributed by atoms with Crippen LogP contribution in [0.5, 0.6) is 0 Å². The number of amidine groups is 1. The molecule has 0 N–H and O–H groups in total. The molecule has 0 bridgehead atoms.